The molecule has 1 fully saturated rings. The van der Waals surface area contributed by atoms with Gasteiger partial charge in [0.05, 0.1) is 18.1 Å². The van der Waals surface area contributed by atoms with Gasteiger partial charge in [-0.1, -0.05) is 18.2 Å². The van der Waals surface area contributed by atoms with Crippen molar-refractivity contribution in [2.75, 3.05) is 26.0 Å². The summed E-state index contributed by atoms with van der Waals surface area (Å²) in [5.74, 6) is 0.589. The first-order valence-corrected chi connectivity index (χ1v) is 10.9. The van der Waals surface area contributed by atoms with Crippen molar-refractivity contribution in [3.8, 4) is 5.75 Å². The van der Waals surface area contributed by atoms with Crippen LogP contribution in [0.25, 0.3) is 6.08 Å². The second-order valence-electron chi connectivity index (χ2n) is 6.09. The normalized spacial score (nSPS) is 20.0. The fourth-order valence-corrected chi connectivity index (χ4v) is 5.95. The van der Waals surface area contributed by atoms with Crippen molar-refractivity contribution in [3.63, 3.8) is 0 Å². The topological polar surface area (TPSA) is 63.7 Å². The minimum absolute atomic E-state index is 0.00230. The van der Waals surface area contributed by atoms with Crippen LogP contribution in [0.2, 0.25) is 0 Å². The van der Waals surface area contributed by atoms with E-state index in [0.29, 0.717) is 13.0 Å². The lowest BCUT2D eigenvalue weighted by atomic mass is 10.2. The van der Waals surface area contributed by atoms with Gasteiger partial charge in [-0.05, 0) is 41.6 Å². The Morgan fingerprint density at radius 2 is 2.00 bits per heavy atom. The third kappa shape index (κ3) is 4.34. The van der Waals surface area contributed by atoms with E-state index in [9.17, 15) is 13.2 Å². The molecular formula is C19H21NO4S2. The number of sulfone groups is 1. The molecule has 5 nitrogen and oxygen atoms in total. The second-order valence-corrected chi connectivity index (χ2v) is 9.37. The van der Waals surface area contributed by atoms with E-state index in [2.05, 4.69) is 0 Å². The molecule has 1 amide bonds. The molecule has 0 radical (unpaired) electrons. The van der Waals surface area contributed by atoms with E-state index in [1.54, 1.807) is 18.1 Å². The lowest BCUT2D eigenvalue weighted by Gasteiger charge is -2.17. The van der Waals surface area contributed by atoms with E-state index in [-0.39, 0.29) is 18.2 Å². The maximum absolute atomic E-state index is 12.5. The Balaban J connectivity index is 1.67. The first-order valence-electron chi connectivity index (χ1n) is 8.35. The number of rotatable bonds is 4. The van der Waals surface area contributed by atoms with Gasteiger partial charge in [0.25, 0.3) is 0 Å². The molecule has 3 rings (SSSR count). The highest BCUT2D eigenvalue weighted by atomic mass is 32.2. The van der Waals surface area contributed by atoms with Crippen molar-refractivity contribution in [2.45, 2.75) is 11.7 Å². The third-order valence-corrected chi connectivity index (χ3v) is 7.69. The number of benzene rings is 1. The van der Waals surface area contributed by atoms with E-state index < -0.39 is 15.1 Å². The van der Waals surface area contributed by atoms with Crippen LogP contribution >= 0.6 is 11.3 Å². The smallest absolute Gasteiger partial charge is 0.246 e. The van der Waals surface area contributed by atoms with Gasteiger partial charge < -0.3 is 9.64 Å². The number of hydrogen-bond acceptors (Lipinski definition) is 5. The molecule has 2 heterocycles. The minimum atomic E-state index is -3.25. The standard InChI is InChI=1S/C19H21NO4S2/c1-24-16-7-4-15(5-8-16)6-9-19(21)20-11-10-18(17-3-2-13-25-17)26(22,23)14-12-20/h2-9,13,18H,10-12,14H2,1H3/b9-6+. The fraction of sp³-hybridized carbons (Fsp3) is 0.316. The highest BCUT2D eigenvalue weighted by Crippen LogP contribution is 2.32. The summed E-state index contributed by atoms with van der Waals surface area (Å²) in [6.45, 7) is 0.670. The minimum Gasteiger partial charge on any atom is -0.497 e. The molecule has 0 N–H and O–H groups in total. The van der Waals surface area contributed by atoms with Gasteiger partial charge in [-0.3, -0.25) is 4.79 Å². The van der Waals surface area contributed by atoms with Crippen LogP contribution in [0.3, 0.4) is 0 Å². The molecule has 0 aliphatic carbocycles. The Morgan fingerprint density at radius 1 is 1.23 bits per heavy atom. The zero-order valence-corrected chi connectivity index (χ0v) is 16.1. The molecule has 138 valence electrons. The van der Waals surface area contributed by atoms with Gasteiger partial charge in [0.2, 0.25) is 5.91 Å². The van der Waals surface area contributed by atoms with Gasteiger partial charge in [0.15, 0.2) is 9.84 Å². The van der Waals surface area contributed by atoms with Crippen molar-refractivity contribution < 1.29 is 17.9 Å². The predicted octanol–water partition coefficient (Wildman–Crippen LogP) is 3.16. The Hall–Kier alpha value is -2.12. The summed E-state index contributed by atoms with van der Waals surface area (Å²) in [7, 11) is -1.64. The molecule has 1 aliphatic heterocycles. The summed E-state index contributed by atoms with van der Waals surface area (Å²) >= 11 is 1.45. The molecule has 1 aromatic carbocycles. The number of carbonyl (C=O) groups is 1. The van der Waals surface area contributed by atoms with Crippen molar-refractivity contribution in [1.29, 1.82) is 0 Å². The summed E-state index contributed by atoms with van der Waals surface area (Å²) < 4.78 is 30.2. The Labute approximate surface area is 157 Å². The molecule has 1 aromatic heterocycles. The van der Waals surface area contributed by atoms with Gasteiger partial charge in [-0.15, -0.1) is 11.3 Å². The summed E-state index contributed by atoms with van der Waals surface area (Å²) in [5, 5.41) is 1.38. The number of nitrogens with zero attached hydrogens (tertiary/aromatic N) is 1. The van der Waals surface area contributed by atoms with Crippen molar-refractivity contribution >= 4 is 33.2 Å². The fourth-order valence-electron chi connectivity index (χ4n) is 2.95. The second kappa shape index (κ2) is 8.05. The monoisotopic (exact) mass is 391 g/mol. The largest absolute Gasteiger partial charge is 0.497 e. The number of ether oxygens (including phenoxy) is 1. The molecular weight excluding hydrogens is 370 g/mol. The Morgan fingerprint density at radius 3 is 2.65 bits per heavy atom. The number of amides is 1. The number of methoxy groups -OCH3 is 1. The molecule has 1 unspecified atom stereocenters. The SMILES string of the molecule is COc1ccc(/C=C/C(=O)N2CCC(c3cccs3)S(=O)(=O)CC2)cc1. The number of carbonyl (C=O) groups excluding carboxylic acids is 1. The van der Waals surface area contributed by atoms with Crippen LogP contribution in [-0.2, 0) is 14.6 Å². The van der Waals surface area contributed by atoms with Gasteiger partial charge in [-0.2, -0.15) is 0 Å². The maximum atomic E-state index is 12.5. The van der Waals surface area contributed by atoms with Crippen LogP contribution in [0, 0.1) is 0 Å². The molecule has 26 heavy (non-hydrogen) atoms. The molecule has 0 bridgehead atoms. The molecule has 0 saturated carbocycles. The van der Waals surface area contributed by atoms with Crippen molar-refractivity contribution in [1.82, 2.24) is 4.90 Å². The van der Waals surface area contributed by atoms with E-state index in [4.69, 9.17) is 4.74 Å². The van der Waals surface area contributed by atoms with Crippen LogP contribution in [0.5, 0.6) is 5.75 Å². The molecule has 1 atom stereocenters. The number of hydrogen-bond donors (Lipinski definition) is 0. The van der Waals surface area contributed by atoms with Crippen molar-refractivity contribution in [3.05, 3.63) is 58.3 Å². The lowest BCUT2D eigenvalue weighted by molar-refractivity contribution is -0.125. The van der Waals surface area contributed by atoms with Gasteiger partial charge in [-0.25, -0.2) is 8.42 Å². The van der Waals surface area contributed by atoms with Crippen LogP contribution in [-0.4, -0.2) is 45.2 Å². The zero-order valence-electron chi connectivity index (χ0n) is 14.5. The highest BCUT2D eigenvalue weighted by molar-refractivity contribution is 7.91. The molecule has 1 saturated heterocycles. The predicted molar refractivity (Wildman–Crippen MR) is 104 cm³/mol. The van der Waals surface area contributed by atoms with Crippen LogP contribution in [0.1, 0.15) is 22.1 Å². The van der Waals surface area contributed by atoms with Gasteiger partial charge in [0, 0.05) is 24.0 Å². The van der Waals surface area contributed by atoms with Crippen molar-refractivity contribution in [2.24, 2.45) is 0 Å². The summed E-state index contributed by atoms with van der Waals surface area (Å²) in [6, 6.07) is 11.1. The quantitative estimate of drug-likeness (QED) is 0.751. The van der Waals surface area contributed by atoms with Crippen LogP contribution in [0.4, 0.5) is 0 Å². The van der Waals surface area contributed by atoms with E-state index in [1.165, 1.54) is 17.4 Å². The molecule has 7 heteroatoms. The van der Waals surface area contributed by atoms with E-state index >= 15 is 0 Å². The summed E-state index contributed by atoms with van der Waals surface area (Å²) in [5.41, 5.74) is 0.887. The summed E-state index contributed by atoms with van der Waals surface area (Å²) in [6.07, 6.45) is 3.67. The molecule has 0 spiro atoms. The van der Waals surface area contributed by atoms with E-state index in [1.807, 2.05) is 41.8 Å². The third-order valence-electron chi connectivity index (χ3n) is 4.45. The number of thiophene rings is 1. The van der Waals surface area contributed by atoms with Crippen LogP contribution < -0.4 is 4.74 Å². The van der Waals surface area contributed by atoms with Crippen LogP contribution in [0.15, 0.2) is 47.9 Å². The van der Waals surface area contributed by atoms with Gasteiger partial charge in [0.1, 0.15) is 5.75 Å². The first-order chi connectivity index (χ1) is 12.5. The molecule has 2 aromatic rings. The average molecular weight is 392 g/mol. The zero-order chi connectivity index (χ0) is 18.6. The lowest BCUT2D eigenvalue weighted by Crippen LogP contribution is -2.32. The highest BCUT2D eigenvalue weighted by Gasteiger charge is 2.32. The average Bonchev–Trinajstić information content (AvgIpc) is 3.11. The Bertz CT molecular complexity index is 871. The summed E-state index contributed by atoms with van der Waals surface area (Å²) in [4.78, 5) is 14.9. The Kier molecular flexibility index (Phi) is 5.78. The maximum Gasteiger partial charge on any atom is 0.246 e. The van der Waals surface area contributed by atoms with Gasteiger partial charge >= 0.3 is 0 Å². The molecule has 1 aliphatic rings. The first kappa shape index (κ1) is 18.7. The van der Waals surface area contributed by atoms with E-state index in [0.717, 1.165) is 16.2 Å².